The van der Waals surface area contributed by atoms with E-state index < -0.39 is 5.97 Å². The number of methoxy groups -OCH3 is 1. The Hall–Kier alpha value is -1.39. The number of hydrogen-bond donors (Lipinski definition) is 1. The highest BCUT2D eigenvalue weighted by Gasteiger charge is 2.16. The molecule has 1 rings (SSSR count). The van der Waals surface area contributed by atoms with E-state index in [-0.39, 0.29) is 5.92 Å². The fraction of sp³-hybridized carbons (Fsp3) is 0.533. The van der Waals surface area contributed by atoms with Crippen LogP contribution in [0, 0.1) is 5.92 Å². The summed E-state index contributed by atoms with van der Waals surface area (Å²) in [5.74, 6) is -1.10. The van der Waals surface area contributed by atoms with E-state index in [1.807, 2.05) is 25.1 Å². The van der Waals surface area contributed by atoms with Crippen molar-refractivity contribution >= 4 is 5.97 Å². The van der Waals surface area contributed by atoms with Gasteiger partial charge in [0.25, 0.3) is 0 Å². The van der Waals surface area contributed by atoms with E-state index in [2.05, 4.69) is 11.0 Å². The Morgan fingerprint density at radius 2 is 2.00 bits per heavy atom. The van der Waals surface area contributed by atoms with Gasteiger partial charge in [0.15, 0.2) is 0 Å². The zero-order chi connectivity index (χ0) is 14.3. The third-order valence-electron chi connectivity index (χ3n) is 3.21. The zero-order valence-electron chi connectivity index (χ0n) is 11.9. The number of carbonyl (C=O) groups is 1. The maximum absolute atomic E-state index is 10.9. The Bertz CT molecular complexity index is 406. The summed E-state index contributed by atoms with van der Waals surface area (Å²) in [6.45, 7) is 6.53. The molecule has 0 bridgehead atoms. The molecule has 1 aromatic carbocycles. The number of rotatable bonds is 8. The van der Waals surface area contributed by atoms with Gasteiger partial charge in [0.1, 0.15) is 0 Å². The summed E-state index contributed by atoms with van der Waals surface area (Å²) < 4.78 is 5.19. The summed E-state index contributed by atoms with van der Waals surface area (Å²) >= 11 is 0. The number of carboxylic acid groups (broad SMARTS) is 1. The molecule has 1 atom stereocenters. The van der Waals surface area contributed by atoms with Crippen LogP contribution in [0.25, 0.3) is 0 Å². The molecule has 0 aliphatic rings. The smallest absolute Gasteiger partial charge is 0.307 e. The molecule has 0 fully saturated rings. The van der Waals surface area contributed by atoms with Crippen LogP contribution in [0.1, 0.15) is 25.0 Å². The Morgan fingerprint density at radius 1 is 1.37 bits per heavy atom. The van der Waals surface area contributed by atoms with Crippen LogP contribution in [0.5, 0.6) is 0 Å². The quantitative estimate of drug-likeness (QED) is 0.784. The maximum Gasteiger partial charge on any atom is 0.307 e. The molecule has 0 saturated heterocycles. The minimum Gasteiger partial charge on any atom is -0.481 e. The van der Waals surface area contributed by atoms with E-state index in [1.165, 1.54) is 5.56 Å². The summed E-state index contributed by atoms with van der Waals surface area (Å²) in [6, 6.07) is 8.12. The molecule has 1 aromatic rings. The van der Waals surface area contributed by atoms with Crippen molar-refractivity contribution in [1.29, 1.82) is 0 Å². The normalized spacial score (nSPS) is 12.6. The summed E-state index contributed by atoms with van der Waals surface area (Å²) in [5.41, 5.74) is 2.36. The van der Waals surface area contributed by atoms with Crippen molar-refractivity contribution < 1.29 is 14.6 Å². The van der Waals surface area contributed by atoms with E-state index in [9.17, 15) is 4.79 Å². The van der Waals surface area contributed by atoms with Gasteiger partial charge in [-0.05, 0) is 17.7 Å². The molecule has 106 valence electrons. The second-order valence-corrected chi connectivity index (χ2v) is 4.77. The van der Waals surface area contributed by atoms with Crippen molar-refractivity contribution in [1.82, 2.24) is 4.90 Å². The third-order valence-corrected chi connectivity index (χ3v) is 3.21. The molecule has 1 unspecified atom stereocenters. The van der Waals surface area contributed by atoms with Crippen molar-refractivity contribution in [2.24, 2.45) is 5.92 Å². The van der Waals surface area contributed by atoms with Gasteiger partial charge in [-0.25, -0.2) is 0 Å². The van der Waals surface area contributed by atoms with Gasteiger partial charge in [-0.3, -0.25) is 9.69 Å². The molecule has 19 heavy (non-hydrogen) atoms. The van der Waals surface area contributed by atoms with E-state index in [0.717, 1.165) is 18.7 Å². The first kappa shape index (κ1) is 15.7. The maximum atomic E-state index is 10.9. The second-order valence-electron chi connectivity index (χ2n) is 4.77. The van der Waals surface area contributed by atoms with Crippen LogP contribution in [0.2, 0.25) is 0 Å². The second kappa shape index (κ2) is 7.92. The van der Waals surface area contributed by atoms with Gasteiger partial charge in [-0.15, -0.1) is 0 Å². The van der Waals surface area contributed by atoms with E-state index >= 15 is 0 Å². The number of benzene rings is 1. The predicted octanol–water partition coefficient (Wildman–Crippen LogP) is 2.38. The van der Waals surface area contributed by atoms with Crippen molar-refractivity contribution in [3.63, 3.8) is 0 Å². The van der Waals surface area contributed by atoms with Crippen LogP contribution in [0.15, 0.2) is 24.3 Å². The zero-order valence-corrected chi connectivity index (χ0v) is 11.9. The molecule has 0 amide bonds. The molecule has 0 aliphatic heterocycles. The standard InChI is InChI=1S/C15H23NO3/c1-4-16(9-12(2)15(17)18)10-13-7-5-6-8-14(13)11-19-3/h5-8,12H,4,9-11H2,1-3H3,(H,17,18). The number of carboxylic acids is 1. The van der Waals surface area contributed by atoms with E-state index in [4.69, 9.17) is 9.84 Å². The van der Waals surface area contributed by atoms with Crippen LogP contribution >= 0.6 is 0 Å². The third kappa shape index (κ3) is 5.01. The molecular formula is C15H23NO3. The summed E-state index contributed by atoms with van der Waals surface area (Å²) in [4.78, 5) is 13.1. The number of ether oxygens (including phenoxy) is 1. The van der Waals surface area contributed by atoms with Gasteiger partial charge in [0, 0.05) is 20.2 Å². The molecule has 0 spiro atoms. The Kier molecular flexibility index (Phi) is 6.53. The predicted molar refractivity (Wildman–Crippen MR) is 74.9 cm³/mol. The lowest BCUT2D eigenvalue weighted by Crippen LogP contribution is -2.31. The average molecular weight is 265 g/mol. The van der Waals surface area contributed by atoms with Crippen LogP contribution in [0.4, 0.5) is 0 Å². The van der Waals surface area contributed by atoms with Crippen LogP contribution in [-0.4, -0.2) is 36.2 Å². The average Bonchev–Trinajstić information content (AvgIpc) is 2.40. The van der Waals surface area contributed by atoms with Gasteiger partial charge >= 0.3 is 5.97 Å². The van der Waals surface area contributed by atoms with E-state index in [1.54, 1.807) is 14.0 Å². The summed E-state index contributed by atoms with van der Waals surface area (Å²) in [7, 11) is 1.68. The summed E-state index contributed by atoms with van der Waals surface area (Å²) in [6.07, 6.45) is 0. The lowest BCUT2D eigenvalue weighted by molar-refractivity contribution is -0.141. The van der Waals surface area contributed by atoms with Gasteiger partial charge in [-0.2, -0.15) is 0 Å². The van der Waals surface area contributed by atoms with Crippen molar-refractivity contribution in [3.05, 3.63) is 35.4 Å². The fourth-order valence-corrected chi connectivity index (χ4v) is 2.02. The molecule has 0 heterocycles. The minimum atomic E-state index is -0.747. The number of hydrogen-bond acceptors (Lipinski definition) is 3. The Morgan fingerprint density at radius 3 is 2.53 bits per heavy atom. The monoisotopic (exact) mass is 265 g/mol. The molecule has 1 N–H and O–H groups in total. The highest BCUT2D eigenvalue weighted by molar-refractivity contribution is 5.69. The Labute approximate surface area is 115 Å². The molecule has 0 aromatic heterocycles. The first-order valence-electron chi connectivity index (χ1n) is 6.59. The van der Waals surface area contributed by atoms with E-state index in [0.29, 0.717) is 13.2 Å². The lowest BCUT2D eigenvalue weighted by atomic mass is 10.1. The van der Waals surface area contributed by atoms with Crippen LogP contribution in [-0.2, 0) is 22.7 Å². The molecule has 4 nitrogen and oxygen atoms in total. The van der Waals surface area contributed by atoms with Crippen LogP contribution < -0.4 is 0 Å². The molecule has 0 saturated carbocycles. The molecule has 0 aliphatic carbocycles. The van der Waals surface area contributed by atoms with Crippen molar-refractivity contribution in [3.8, 4) is 0 Å². The fourth-order valence-electron chi connectivity index (χ4n) is 2.02. The van der Waals surface area contributed by atoms with Gasteiger partial charge in [0.05, 0.1) is 12.5 Å². The SMILES string of the molecule is CCN(Cc1ccccc1COC)CC(C)C(=O)O. The highest BCUT2D eigenvalue weighted by Crippen LogP contribution is 2.14. The summed E-state index contributed by atoms with van der Waals surface area (Å²) in [5, 5.41) is 8.98. The number of nitrogens with zero attached hydrogens (tertiary/aromatic N) is 1. The number of aliphatic carboxylic acids is 1. The Balaban J connectivity index is 2.72. The van der Waals surface area contributed by atoms with Gasteiger partial charge < -0.3 is 9.84 Å². The lowest BCUT2D eigenvalue weighted by Gasteiger charge is -2.23. The minimum absolute atomic E-state index is 0.352. The van der Waals surface area contributed by atoms with Crippen molar-refractivity contribution in [2.75, 3.05) is 20.2 Å². The van der Waals surface area contributed by atoms with Crippen molar-refractivity contribution in [2.45, 2.75) is 27.0 Å². The van der Waals surface area contributed by atoms with Crippen LogP contribution in [0.3, 0.4) is 0 Å². The van der Waals surface area contributed by atoms with Gasteiger partial charge in [0.2, 0.25) is 0 Å². The highest BCUT2D eigenvalue weighted by atomic mass is 16.5. The molecular weight excluding hydrogens is 242 g/mol. The van der Waals surface area contributed by atoms with Gasteiger partial charge in [-0.1, -0.05) is 38.1 Å². The first-order chi connectivity index (χ1) is 9.08. The molecule has 0 radical (unpaired) electrons. The topological polar surface area (TPSA) is 49.8 Å². The molecule has 4 heteroatoms. The largest absolute Gasteiger partial charge is 0.481 e. The first-order valence-corrected chi connectivity index (χ1v) is 6.59.